The maximum Gasteiger partial charge on any atom is 0.0317 e. The molecule has 2 aromatic carbocycles. The largest absolute Gasteiger partial charge is 0.399 e. The number of anilines is 1. The summed E-state index contributed by atoms with van der Waals surface area (Å²) in [6.45, 7) is 25.6. The van der Waals surface area contributed by atoms with E-state index < -0.39 is 0 Å². The van der Waals surface area contributed by atoms with Gasteiger partial charge < -0.3 is 5.73 Å². The van der Waals surface area contributed by atoms with E-state index in [2.05, 4.69) is 117 Å². The Bertz CT molecular complexity index is 1230. The van der Waals surface area contributed by atoms with Crippen LogP contribution in [0.3, 0.4) is 0 Å². The van der Waals surface area contributed by atoms with Crippen LogP contribution < -0.4 is 5.73 Å². The molecule has 0 heterocycles. The van der Waals surface area contributed by atoms with Crippen molar-refractivity contribution >= 4 is 11.3 Å². The number of hydrogen-bond acceptors (Lipinski definition) is 1. The fraction of sp³-hybridized carbons (Fsp3) is 0.455. The Morgan fingerprint density at radius 1 is 0.824 bits per heavy atom. The number of allylic oxidation sites excluding steroid dienone is 5. The molecule has 180 valence electrons. The summed E-state index contributed by atoms with van der Waals surface area (Å²) in [6, 6.07) is 13.5. The van der Waals surface area contributed by atoms with E-state index in [1.807, 2.05) is 0 Å². The minimum absolute atomic E-state index is 0.0191. The first-order valence-corrected chi connectivity index (χ1v) is 12.7. The van der Waals surface area contributed by atoms with Gasteiger partial charge in [0.25, 0.3) is 0 Å². The van der Waals surface area contributed by atoms with Gasteiger partial charge in [0.05, 0.1) is 0 Å². The molecule has 0 aromatic heterocycles. The number of nitrogen functional groups attached to an aromatic ring is 1. The molecule has 0 unspecified atom stereocenters. The lowest BCUT2D eigenvalue weighted by molar-refractivity contribution is 0.231. The normalized spacial score (nSPS) is 23.1. The average Bonchev–Trinajstić information content (AvgIpc) is 2.77. The molecule has 1 nitrogen and oxygen atoms in total. The van der Waals surface area contributed by atoms with Crippen LogP contribution in [0.25, 0.3) is 5.57 Å². The van der Waals surface area contributed by atoms with Gasteiger partial charge in [-0.3, -0.25) is 0 Å². The summed E-state index contributed by atoms with van der Waals surface area (Å²) in [5.41, 5.74) is 18.2. The molecule has 1 heteroatoms. The second-order valence-corrected chi connectivity index (χ2v) is 13.0. The molecule has 0 amide bonds. The van der Waals surface area contributed by atoms with Gasteiger partial charge in [-0.15, -0.1) is 0 Å². The van der Waals surface area contributed by atoms with Crippen LogP contribution in [0, 0.1) is 17.8 Å². The van der Waals surface area contributed by atoms with Crippen LogP contribution in [0.4, 0.5) is 5.69 Å². The number of nitrogens with two attached hydrogens (primary N) is 1. The molecule has 2 N–H and O–H groups in total. The molecule has 0 spiro atoms. The molecular formula is C33H43N. The number of benzene rings is 2. The third-order valence-corrected chi connectivity index (χ3v) is 9.17. The van der Waals surface area contributed by atoms with Crippen LogP contribution in [0.5, 0.6) is 0 Å². The van der Waals surface area contributed by atoms with Crippen molar-refractivity contribution in [3.05, 3.63) is 94.1 Å². The van der Waals surface area contributed by atoms with Crippen molar-refractivity contribution in [3.8, 4) is 0 Å². The Hall–Kier alpha value is -2.54. The first kappa shape index (κ1) is 24.6. The predicted molar refractivity (Wildman–Crippen MR) is 149 cm³/mol. The average molecular weight is 454 g/mol. The fourth-order valence-corrected chi connectivity index (χ4v) is 6.70. The van der Waals surface area contributed by atoms with Crippen LogP contribution >= 0.6 is 0 Å². The quantitative estimate of drug-likeness (QED) is 0.452. The zero-order valence-corrected chi connectivity index (χ0v) is 22.8. The Labute approximate surface area is 207 Å². The van der Waals surface area contributed by atoms with Crippen molar-refractivity contribution in [3.63, 3.8) is 0 Å². The molecule has 2 aliphatic rings. The minimum atomic E-state index is -0.0354. The number of rotatable bonds is 2. The standard InChI is InChI=1S/C33H43N/c1-11-27-26(25-15-12-21(2)16-29(25)31(5,6)20-30(27,3)4)18-23-17-22-13-14-24(34)19-28(22)33(9,10)32(23,7)8/h11-16,18-19H,1,17,20,34H2,2-10H3/b23-18+. The Balaban J connectivity index is 2.03. The van der Waals surface area contributed by atoms with E-state index >= 15 is 0 Å². The summed E-state index contributed by atoms with van der Waals surface area (Å²) in [4.78, 5) is 0. The van der Waals surface area contributed by atoms with Crippen LogP contribution in [0.2, 0.25) is 0 Å². The van der Waals surface area contributed by atoms with Gasteiger partial charge in [-0.2, -0.15) is 0 Å². The van der Waals surface area contributed by atoms with Crippen LogP contribution in [-0.2, 0) is 17.3 Å². The highest BCUT2D eigenvalue weighted by Gasteiger charge is 2.46. The van der Waals surface area contributed by atoms with Gasteiger partial charge in [0, 0.05) is 5.69 Å². The van der Waals surface area contributed by atoms with Gasteiger partial charge in [-0.25, -0.2) is 0 Å². The van der Waals surface area contributed by atoms with E-state index in [0.717, 1.165) is 18.5 Å². The highest BCUT2D eigenvalue weighted by atomic mass is 14.6. The van der Waals surface area contributed by atoms with Crippen molar-refractivity contribution in [1.82, 2.24) is 0 Å². The van der Waals surface area contributed by atoms with E-state index in [0.29, 0.717) is 0 Å². The maximum absolute atomic E-state index is 6.22. The molecule has 34 heavy (non-hydrogen) atoms. The van der Waals surface area contributed by atoms with Gasteiger partial charge >= 0.3 is 0 Å². The molecule has 0 atom stereocenters. The molecule has 4 rings (SSSR count). The van der Waals surface area contributed by atoms with Crippen molar-refractivity contribution in [1.29, 1.82) is 0 Å². The topological polar surface area (TPSA) is 26.0 Å². The zero-order valence-electron chi connectivity index (χ0n) is 22.8. The van der Waals surface area contributed by atoms with Crippen molar-refractivity contribution in [2.75, 3.05) is 5.73 Å². The van der Waals surface area contributed by atoms with Gasteiger partial charge in [-0.1, -0.05) is 110 Å². The van der Waals surface area contributed by atoms with E-state index in [4.69, 9.17) is 5.73 Å². The molecule has 0 saturated heterocycles. The lowest BCUT2D eigenvalue weighted by Gasteiger charge is -2.49. The summed E-state index contributed by atoms with van der Waals surface area (Å²) in [5, 5.41) is 0. The summed E-state index contributed by atoms with van der Waals surface area (Å²) in [7, 11) is 0. The van der Waals surface area contributed by atoms with Gasteiger partial charge in [0.15, 0.2) is 0 Å². The number of hydrogen-bond donors (Lipinski definition) is 1. The maximum atomic E-state index is 6.22. The monoisotopic (exact) mass is 453 g/mol. The smallest absolute Gasteiger partial charge is 0.0317 e. The SMILES string of the molecule is C=CC1=C(/C=C2\Cc3ccc(N)cc3C(C)(C)C2(C)C)c2ccc(C)cc2C(C)(C)CC1(C)C. The third-order valence-electron chi connectivity index (χ3n) is 9.17. The molecule has 0 aliphatic heterocycles. The molecular weight excluding hydrogens is 410 g/mol. The Kier molecular flexibility index (Phi) is 5.59. The van der Waals surface area contributed by atoms with Crippen molar-refractivity contribution in [2.24, 2.45) is 10.8 Å². The van der Waals surface area contributed by atoms with Crippen LogP contribution in [0.15, 0.2) is 66.3 Å². The second-order valence-electron chi connectivity index (χ2n) is 13.0. The first-order valence-electron chi connectivity index (χ1n) is 12.7. The zero-order chi connectivity index (χ0) is 25.3. The fourth-order valence-electron chi connectivity index (χ4n) is 6.70. The van der Waals surface area contributed by atoms with Gasteiger partial charge in [-0.05, 0) is 87.0 Å². The third kappa shape index (κ3) is 3.69. The Morgan fingerprint density at radius 2 is 1.50 bits per heavy atom. The van der Waals surface area contributed by atoms with Gasteiger partial charge in [0.2, 0.25) is 0 Å². The van der Waals surface area contributed by atoms with Crippen molar-refractivity contribution in [2.45, 2.75) is 86.0 Å². The molecule has 0 bridgehead atoms. The lowest BCUT2D eigenvalue weighted by atomic mass is 9.55. The lowest BCUT2D eigenvalue weighted by Crippen LogP contribution is -2.43. The van der Waals surface area contributed by atoms with E-state index in [1.54, 1.807) is 0 Å². The van der Waals surface area contributed by atoms with Crippen LogP contribution in [0.1, 0.15) is 89.6 Å². The number of aryl methyl sites for hydroxylation is 1. The highest BCUT2D eigenvalue weighted by molar-refractivity contribution is 5.83. The predicted octanol–water partition coefficient (Wildman–Crippen LogP) is 8.71. The Morgan fingerprint density at radius 3 is 2.15 bits per heavy atom. The van der Waals surface area contributed by atoms with E-state index in [9.17, 15) is 0 Å². The summed E-state index contributed by atoms with van der Waals surface area (Å²) in [5.74, 6) is 0. The molecule has 2 aromatic rings. The molecule has 0 radical (unpaired) electrons. The van der Waals surface area contributed by atoms with Crippen LogP contribution in [-0.4, -0.2) is 0 Å². The summed E-state index contributed by atoms with van der Waals surface area (Å²) >= 11 is 0. The van der Waals surface area contributed by atoms with Crippen molar-refractivity contribution < 1.29 is 0 Å². The van der Waals surface area contributed by atoms with E-state index in [1.165, 1.54) is 44.5 Å². The highest BCUT2D eigenvalue weighted by Crippen LogP contribution is 2.55. The van der Waals surface area contributed by atoms with Gasteiger partial charge in [0.1, 0.15) is 0 Å². The molecule has 2 aliphatic carbocycles. The summed E-state index contributed by atoms with van der Waals surface area (Å²) in [6.07, 6.45) is 6.68. The van der Waals surface area contributed by atoms with E-state index in [-0.39, 0.29) is 21.7 Å². The first-order chi connectivity index (χ1) is 15.6. The number of fused-ring (bicyclic) bond motifs is 2. The molecule has 0 saturated carbocycles. The molecule has 0 fully saturated rings. The minimum Gasteiger partial charge on any atom is -0.399 e. The second kappa shape index (κ2) is 7.74. The summed E-state index contributed by atoms with van der Waals surface area (Å²) < 4.78 is 0.